The van der Waals surface area contributed by atoms with Gasteiger partial charge in [0, 0.05) is 0 Å². The predicted molar refractivity (Wildman–Crippen MR) is 127 cm³/mol. The van der Waals surface area contributed by atoms with Crippen molar-refractivity contribution in [2.24, 2.45) is 17.3 Å². The van der Waals surface area contributed by atoms with E-state index in [1.807, 2.05) is 18.2 Å². The van der Waals surface area contributed by atoms with Crippen LogP contribution in [0.2, 0.25) is 24.1 Å². The molecule has 0 aliphatic heterocycles. The Morgan fingerprint density at radius 3 is 1.91 bits per heavy atom. The Labute approximate surface area is 198 Å². The first-order valence-corrected chi connectivity index (χ1v) is 16.5. The van der Waals surface area contributed by atoms with E-state index in [-0.39, 0.29) is 32.6 Å². The second-order valence-electron chi connectivity index (χ2n) is 10.1. The Kier molecular flexibility index (Phi) is 8.40. The van der Waals surface area contributed by atoms with E-state index < -0.39 is 48.8 Å². The van der Waals surface area contributed by atoms with Gasteiger partial charge in [-0.25, -0.2) is 0 Å². The molecule has 8 heteroatoms. The van der Waals surface area contributed by atoms with Crippen molar-refractivity contribution < 1.29 is 28.6 Å². The summed E-state index contributed by atoms with van der Waals surface area (Å²) in [5, 5.41) is 0. The first-order chi connectivity index (χ1) is 14.8. The fourth-order valence-electron chi connectivity index (χ4n) is 4.07. The van der Waals surface area contributed by atoms with Crippen LogP contribution < -0.4 is 4.46 Å². The van der Waals surface area contributed by atoms with Crippen molar-refractivity contribution in [2.75, 3.05) is 13.2 Å². The Morgan fingerprint density at radius 1 is 1.00 bits per heavy atom. The van der Waals surface area contributed by atoms with Gasteiger partial charge in [0.25, 0.3) is 0 Å². The summed E-state index contributed by atoms with van der Waals surface area (Å²) in [6.07, 6.45) is 0. The van der Waals surface area contributed by atoms with E-state index in [4.69, 9.17) is 14.2 Å². The maximum absolute atomic E-state index is 13.3. The molecule has 0 N–H and O–H groups in total. The van der Waals surface area contributed by atoms with Crippen molar-refractivity contribution in [1.82, 2.24) is 0 Å². The van der Waals surface area contributed by atoms with Crippen LogP contribution in [0.1, 0.15) is 34.6 Å². The SMILES string of the molecule is CCOC(=O)C1(C(=O)OCC)[C@@H]([C@@H]([Se]c2ccccc2)[Si](C)(C)C)[C@H]1C(=O)OC(C)(C)C. The number of hydrogen-bond acceptors (Lipinski definition) is 6. The summed E-state index contributed by atoms with van der Waals surface area (Å²) < 4.78 is 17.6. The Hall–Kier alpha value is -1.63. The standard InChI is InChI=1S/C24H36O6SeSi/c1-9-28-21(26)24(22(27)29-10-2)17(19(25)30-23(3,4)5)18(24)20(32(6,7)8)31-16-14-12-11-13-15-16/h11-15,17-18,20H,9-10H2,1-8H3/t17-,18+,20-/m0/s1. The van der Waals surface area contributed by atoms with Gasteiger partial charge in [-0.15, -0.1) is 0 Å². The molecule has 0 spiro atoms. The third-order valence-electron chi connectivity index (χ3n) is 5.34. The van der Waals surface area contributed by atoms with E-state index in [1.54, 1.807) is 34.6 Å². The molecule has 0 heterocycles. The summed E-state index contributed by atoms with van der Waals surface area (Å²) in [4.78, 5) is 40.0. The summed E-state index contributed by atoms with van der Waals surface area (Å²) in [5.41, 5.74) is -2.38. The van der Waals surface area contributed by atoms with Crippen LogP contribution in [0.5, 0.6) is 0 Å². The minimum atomic E-state index is -1.94. The summed E-state index contributed by atoms with van der Waals surface area (Å²) >= 11 is -0.0442. The van der Waals surface area contributed by atoms with Gasteiger partial charge < -0.3 is 0 Å². The zero-order valence-corrected chi connectivity index (χ0v) is 23.1. The molecule has 2 rings (SSSR count). The van der Waals surface area contributed by atoms with Gasteiger partial charge in [-0.2, -0.15) is 0 Å². The molecule has 1 aliphatic carbocycles. The molecule has 1 fully saturated rings. The van der Waals surface area contributed by atoms with E-state index in [0.717, 1.165) is 0 Å². The molecular weight excluding hydrogens is 491 g/mol. The van der Waals surface area contributed by atoms with Gasteiger partial charge in [0.15, 0.2) is 0 Å². The number of carbonyl (C=O) groups excluding carboxylic acids is 3. The van der Waals surface area contributed by atoms with Gasteiger partial charge in [0.1, 0.15) is 0 Å². The number of ether oxygens (including phenoxy) is 3. The van der Waals surface area contributed by atoms with E-state index in [2.05, 4.69) is 31.8 Å². The molecule has 0 bridgehead atoms. The van der Waals surface area contributed by atoms with Gasteiger partial charge in [-0.05, 0) is 0 Å². The molecule has 0 saturated heterocycles. The van der Waals surface area contributed by atoms with Crippen molar-refractivity contribution in [3.8, 4) is 0 Å². The van der Waals surface area contributed by atoms with Crippen LogP contribution in [-0.2, 0) is 28.6 Å². The second-order valence-corrected chi connectivity index (χ2v) is 18.9. The van der Waals surface area contributed by atoms with Crippen LogP contribution in [0.4, 0.5) is 0 Å². The van der Waals surface area contributed by atoms with Crippen molar-refractivity contribution >= 4 is 45.4 Å². The molecule has 0 aromatic heterocycles. The molecule has 32 heavy (non-hydrogen) atoms. The zero-order chi connectivity index (χ0) is 24.3. The van der Waals surface area contributed by atoms with Crippen molar-refractivity contribution in [1.29, 1.82) is 0 Å². The normalized spacial score (nSPS) is 20.8. The molecule has 6 nitrogen and oxygen atoms in total. The molecule has 178 valence electrons. The first-order valence-electron chi connectivity index (χ1n) is 11.1. The summed E-state index contributed by atoms with van der Waals surface area (Å²) in [6.45, 7) is 15.6. The third kappa shape index (κ3) is 5.64. The van der Waals surface area contributed by atoms with Crippen LogP contribution in [0.15, 0.2) is 30.3 Å². The average molecular weight is 528 g/mol. The number of hydrogen-bond donors (Lipinski definition) is 0. The topological polar surface area (TPSA) is 78.9 Å². The fraction of sp³-hybridized carbons (Fsp3) is 0.625. The molecule has 1 aromatic rings. The van der Waals surface area contributed by atoms with Crippen molar-refractivity contribution in [3.05, 3.63) is 30.3 Å². The van der Waals surface area contributed by atoms with Gasteiger partial charge in [0.2, 0.25) is 0 Å². The molecule has 1 saturated carbocycles. The third-order valence-corrected chi connectivity index (χ3v) is 14.8. The summed E-state index contributed by atoms with van der Waals surface area (Å²) in [5.74, 6) is -3.28. The van der Waals surface area contributed by atoms with Crippen LogP contribution in [0.3, 0.4) is 0 Å². The van der Waals surface area contributed by atoms with Crippen molar-refractivity contribution in [3.63, 3.8) is 0 Å². The minimum absolute atomic E-state index is 0.0312. The molecule has 0 radical (unpaired) electrons. The van der Waals surface area contributed by atoms with Crippen LogP contribution in [0.25, 0.3) is 0 Å². The van der Waals surface area contributed by atoms with Crippen LogP contribution >= 0.6 is 0 Å². The fourth-order valence-corrected chi connectivity index (χ4v) is 11.3. The van der Waals surface area contributed by atoms with Gasteiger partial charge in [-0.1, -0.05) is 0 Å². The van der Waals surface area contributed by atoms with E-state index in [1.165, 1.54) is 4.46 Å². The quantitative estimate of drug-likeness (QED) is 0.212. The van der Waals surface area contributed by atoms with E-state index in [9.17, 15) is 14.4 Å². The molecule has 0 unspecified atom stereocenters. The van der Waals surface area contributed by atoms with E-state index in [0.29, 0.717) is 0 Å². The number of benzene rings is 1. The van der Waals surface area contributed by atoms with Crippen LogP contribution in [-0.4, -0.2) is 59.8 Å². The Bertz CT molecular complexity index is 809. The predicted octanol–water partition coefficient (Wildman–Crippen LogP) is 3.38. The first kappa shape index (κ1) is 26.6. The van der Waals surface area contributed by atoms with Gasteiger partial charge >= 0.3 is 199 Å². The summed E-state index contributed by atoms with van der Waals surface area (Å²) in [6, 6.07) is 10.1. The van der Waals surface area contributed by atoms with Gasteiger partial charge in [-0.3, -0.25) is 0 Å². The van der Waals surface area contributed by atoms with E-state index >= 15 is 0 Å². The summed E-state index contributed by atoms with van der Waals surface area (Å²) in [7, 11) is -1.94. The Balaban J connectivity index is 2.61. The molecule has 0 amide bonds. The number of carbonyl (C=O) groups is 3. The molecule has 1 aliphatic rings. The number of esters is 3. The van der Waals surface area contributed by atoms with Gasteiger partial charge in [0.05, 0.1) is 0 Å². The molecule has 1 aromatic carbocycles. The monoisotopic (exact) mass is 528 g/mol. The zero-order valence-electron chi connectivity index (χ0n) is 20.4. The maximum atomic E-state index is 13.3. The number of rotatable bonds is 9. The molecule has 3 atom stereocenters. The average Bonchev–Trinajstić information content (AvgIpc) is 3.36. The Morgan fingerprint density at radius 2 is 1.50 bits per heavy atom. The van der Waals surface area contributed by atoms with Crippen LogP contribution in [0, 0.1) is 17.3 Å². The second kappa shape index (κ2) is 10.1. The van der Waals surface area contributed by atoms with Crippen molar-refractivity contribution in [2.45, 2.75) is 64.3 Å². The molecular formula is C24H36O6SeSi.